The molecule has 0 spiro atoms. The number of ether oxygens (including phenoxy) is 1. The SMILES string of the molecule is CC#CCCOc1ccc(C(C)NCC)cc1. The van der Waals surface area contributed by atoms with Gasteiger partial charge in [0.1, 0.15) is 5.75 Å². The lowest BCUT2D eigenvalue weighted by Gasteiger charge is -2.13. The van der Waals surface area contributed by atoms with Gasteiger partial charge in [0, 0.05) is 12.5 Å². The van der Waals surface area contributed by atoms with Crippen molar-refractivity contribution < 1.29 is 4.74 Å². The first-order chi connectivity index (χ1) is 8.27. The molecule has 0 amide bonds. The molecule has 1 aromatic rings. The maximum Gasteiger partial charge on any atom is 0.119 e. The lowest BCUT2D eigenvalue weighted by Crippen LogP contribution is -2.17. The third-order valence-corrected chi connectivity index (χ3v) is 2.56. The van der Waals surface area contributed by atoms with E-state index in [1.54, 1.807) is 0 Å². The number of rotatable bonds is 6. The maximum atomic E-state index is 5.58. The molecule has 2 heteroatoms. The zero-order valence-corrected chi connectivity index (χ0v) is 10.9. The molecule has 0 aliphatic carbocycles. The van der Waals surface area contributed by atoms with Crippen LogP contribution >= 0.6 is 0 Å². The van der Waals surface area contributed by atoms with E-state index in [4.69, 9.17) is 4.74 Å². The minimum absolute atomic E-state index is 0.389. The third-order valence-electron chi connectivity index (χ3n) is 2.56. The van der Waals surface area contributed by atoms with Crippen LogP contribution in [0.5, 0.6) is 5.75 Å². The molecule has 17 heavy (non-hydrogen) atoms. The first kappa shape index (κ1) is 13.6. The summed E-state index contributed by atoms with van der Waals surface area (Å²) in [6.45, 7) is 7.76. The first-order valence-electron chi connectivity index (χ1n) is 6.13. The largest absolute Gasteiger partial charge is 0.493 e. The van der Waals surface area contributed by atoms with Crippen molar-refractivity contribution in [2.45, 2.75) is 33.2 Å². The minimum Gasteiger partial charge on any atom is -0.493 e. The standard InChI is InChI=1S/C15H21NO/c1-4-6-7-12-17-15-10-8-14(9-11-15)13(3)16-5-2/h8-11,13,16H,5,7,12H2,1-3H3. The summed E-state index contributed by atoms with van der Waals surface area (Å²) in [5.41, 5.74) is 1.28. The molecule has 0 aliphatic rings. The van der Waals surface area contributed by atoms with E-state index in [0.29, 0.717) is 12.6 Å². The molecular formula is C15H21NO. The Balaban J connectivity index is 2.46. The van der Waals surface area contributed by atoms with Crippen molar-refractivity contribution in [3.63, 3.8) is 0 Å². The van der Waals surface area contributed by atoms with Crippen LogP contribution in [0, 0.1) is 11.8 Å². The molecule has 1 rings (SSSR count). The van der Waals surface area contributed by atoms with Crippen molar-refractivity contribution in [1.82, 2.24) is 5.32 Å². The molecule has 0 radical (unpaired) electrons. The van der Waals surface area contributed by atoms with Crippen LogP contribution in [0.3, 0.4) is 0 Å². The second-order valence-electron chi connectivity index (χ2n) is 3.87. The smallest absolute Gasteiger partial charge is 0.119 e. The van der Waals surface area contributed by atoms with Gasteiger partial charge < -0.3 is 10.1 Å². The van der Waals surface area contributed by atoms with E-state index < -0.39 is 0 Å². The highest BCUT2D eigenvalue weighted by molar-refractivity contribution is 5.28. The normalized spacial score (nSPS) is 11.5. The summed E-state index contributed by atoms with van der Waals surface area (Å²) in [6.07, 6.45) is 0.784. The number of benzene rings is 1. The molecule has 92 valence electrons. The van der Waals surface area contributed by atoms with Crippen LogP contribution in [0.1, 0.15) is 38.8 Å². The molecule has 1 unspecified atom stereocenters. The zero-order chi connectivity index (χ0) is 12.5. The Hall–Kier alpha value is -1.46. The first-order valence-corrected chi connectivity index (χ1v) is 6.13. The van der Waals surface area contributed by atoms with E-state index in [2.05, 4.69) is 43.1 Å². The van der Waals surface area contributed by atoms with Crippen molar-refractivity contribution >= 4 is 0 Å². The van der Waals surface area contributed by atoms with Gasteiger partial charge in [-0.1, -0.05) is 19.1 Å². The molecule has 0 bridgehead atoms. The third kappa shape index (κ3) is 4.93. The molecule has 1 N–H and O–H groups in total. The second kappa shape index (κ2) is 7.76. The van der Waals surface area contributed by atoms with E-state index in [1.807, 2.05) is 19.1 Å². The summed E-state index contributed by atoms with van der Waals surface area (Å²) in [7, 11) is 0. The summed E-state index contributed by atoms with van der Waals surface area (Å²) in [4.78, 5) is 0. The summed E-state index contributed by atoms with van der Waals surface area (Å²) in [5, 5.41) is 3.38. The Labute approximate surface area is 104 Å². The van der Waals surface area contributed by atoms with Crippen LogP contribution in [0.4, 0.5) is 0 Å². The molecule has 1 aromatic carbocycles. The zero-order valence-electron chi connectivity index (χ0n) is 10.9. The molecule has 0 heterocycles. The van der Waals surface area contributed by atoms with Crippen LogP contribution in [-0.4, -0.2) is 13.2 Å². The maximum absolute atomic E-state index is 5.58. The van der Waals surface area contributed by atoms with Crippen molar-refractivity contribution in [3.05, 3.63) is 29.8 Å². The van der Waals surface area contributed by atoms with Crippen LogP contribution in [0.2, 0.25) is 0 Å². The van der Waals surface area contributed by atoms with E-state index in [0.717, 1.165) is 18.7 Å². The lowest BCUT2D eigenvalue weighted by atomic mass is 10.1. The van der Waals surface area contributed by atoms with Gasteiger partial charge in [-0.25, -0.2) is 0 Å². The monoisotopic (exact) mass is 231 g/mol. The highest BCUT2D eigenvalue weighted by Gasteiger charge is 2.02. The molecule has 0 saturated heterocycles. The van der Waals surface area contributed by atoms with Gasteiger partial charge in [-0.2, -0.15) is 0 Å². The average molecular weight is 231 g/mol. The topological polar surface area (TPSA) is 21.3 Å². The van der Waals surface area contributed by atoms with Crippen molar-refractivity contribution in [2.24, 2.45) is 0 Å². The van der Waals surface area contributed by atoms with E-state index >= 15 is 0 Å². The Kier molecular flexibility index (Phi) is 6.21. The minimum atomic E-state index is 0.389. The predicted octanol–water partition coefficient (Wildman–Crippen LogP) is 3.15. The van der Waals surface area contributed by atoms with Crippen LogP contribution in [-0.2, 0) is 0 Å². The van der Waals surface area contributed by atoms with Gasteiger partial charge in [-0.05, 0) is 38.1 Å². The molecular weight excluding hydrogens is 210 g/mol. The fraction of sp³-hybridized carbons (Fsp3) is 0.467. The Morgan fingerprint density at radius 3 is 2.59 bits per heavy atom. The number of nitrogens with one attached hydrogen (secondary N) is 1. The summed E-state index contributed by atoms with van der Waals surface area (Å²) >= 11 is 0. The fourth-order valence-corrected chi connectivity index (χ4v) is 1.62. The van der Waals surface area contributed by atoms with Gasteiger partial charge in [-0.3, -0.25) is 0 Å². The van der Waals surface area contributed by atoms with Crippen molar-refractivity contribution in [2.75, 3.05) is 13.2 Å². The van der Waals surface area contributed by atoms with Crippen molar-refractivity contribution in [3.8, 4) is 17.6 Å². The second-order valence-corrected chi connectivity index (χ2v) is 3.87. The molecule has 0 aromatic heterocycles. The highest BCUT2D eigenvalue weighted by atomic mass is 16.5. The number of hydrogen-bond acceptors (Lipinski definition) is 2. The Morgan fingerprint density at radius 2 is 2.00 bits per heavy atom. The molecule has 0 saturated carbocycles. The summed E-state index contributed by atoms with van der Waals surface area (Å²) in [5.74, 6) is 6.75. The van der Waals surface area contributed by atoms with E-state index in [1.165, 1.54) is 5.56 Å². The van der Waals surface area contributed by atoms with Gasteiger partial charge in [0.2, 0.25) is 0 Å². The van der Waals surface area contributed by atoms with Crippen LogP contribution in [0.25, 0.3) is 0 Å². The van der Waals surface area contributed by atoms with Crippen LogP contribution < -0.4 is 10.1 Å². The summed E-state index contributed by atoms with van der Waals surface area (Å²) < 4.78 is 5.58. The Bertz CT molecular complexity index is 372. The quantitative estimate of drug-likeness (QED) is 0.600. The fourth-order valence-electron chi connectivity index (χ4n) is 1.62. The summed E-state index contributed by atoms with van der Waals surface area (Å²) in [6, 6.07) is 8.63. The molecule has 1 atom stereocenters. The van der Waals surface area contributed by atoms with E-state index in [9.17, 15) is 0 Å². The lowest BCUT2D eigenvalue weighted by molar-refractivity contribution is 0.327. The number of hydrogen-bond donors (Lipinski definition) is 1. The predicted molar refractivity (Wildman–Crippen MR) is 72.1 cm³/mol. The average Bonchev–Trinajstić information content (AvgIpc) is 2.36. The van der Waals surface area contributed by atoms with Gasteiger partial charge in [0.15, 0.2) is 0 Å². The van der Waals surface area contributed by atoms with Gasteiger partial charge in [0.05, 0.1) is 6.61 Å². The molecule has 2 nitrogen and oxygen atoms in total. The molecule has 0 fully saturated rings. The van der Waals surface area contributed by atoms with E-state index in [-0.39, 0.29) is 0 Å². The van der Waals surface area contributed by atoms with Gasteiger partial charge in [-0.15, -0.1) is 11.8 Å². The van der Waals surface area contributed by atoms with Crippen molar-refractivity contribution in [1.29, 1.82) is 0 Å². The highest BCUT2D eigenvalue weighted by Crippen LogP contribution is 2.17. The molecule has 0 aliphatic heterocycles. The van der Waals surface area contributed by atoms with Gasteiger partial charge in [0.25, 0.3) is 0 Å². The Morgan fingerprint density at radius 1 is 1.29 bits per heavy atom. The van der Waals surface area contributed by atoms with Crippen LogP contribution in [0.15, 0.2) is 24.3 Å². The van der Waals surface area contributed by atoms with Gasteiger partial charge >= 0.3 is 0 Å².